The van der Waals surface area contributed by atoms with Gasteiger partial charge in [0.1, 0.15) is 5.75 Å². The summed E-state index contributed by atoms with van der Waals surface area (Å²) in [6, 6.07) is 3.65. The molecule has 3 nitrogen and oxygen atoms in total. The maximum absolute atomic E-state index is 13.2. The van der Waals surface area contributed by atoms with Crippen molar-refractivity contribution in [3.8, 4) is 5.75 Å². The number of amides is 1. The minimum absolute atomic E-state index is 0.145. The van der Waals surface area contributed by atoms with E-state index in [-0.39, 0.29) is 23.4 Å². The van der Waals surface area contributed by atoms with Crippen LogP contribution >= 0.6 is 0 Å². The molecule has 0 unspecified atom stereocenters. The van der Waals surface area contributed by atoms with E-state index in [0.717, 1.165) is 31.7 Å². The molecule has 0 aromatic heterocycles. The number of benzene rings is 1. The van der Waals surface area contributed by atoms with E-state index >= 15 is 0 Å². The summed E-state index contributed by atoms with van der Waals surface area (Å²) in [7, 11) is 0. The second-order valence-electron chi connectivity index (χ2n) is 6.60. The predicted octanol–water partition coefficient (Wildman–Crippen LogP) is 5.01. The Morgan fingerprint density at radius 3 is 2.39 bits per heavy atom. The summed E-state index contributed by atoms with van der Waals surface area (Å²) in [6.07, 6.45) is -1.44. The monoisotopic (exact) mass is 329 g/mol. The largest absolute Gasteiger partial charge is 0.490 e. The molecule has 2 rings (SSSR count). The highest BCUT2D eigenvalue weighted by Crippen LogP contribution is 2.40. The predicted molar refractivity (Wildman–Crippen MR) is 82.4 cm³/mol. The van der Waals surface area contributed by atoms with Gasteiger partial charge in [0.05, 0.1) is 11.7 Å². The van der Waals surface area contributed by atoms with E-state index in [1.54, 1.807) is 13.8 Å². The van der Waals surface area contributed by atoms with Crippen LogP contribution in [0.3, 0.4) is 0 Å². The van der Waals surface area contributed by atoms with Crippen LogP contribution in [0.5, 0.6) is 5.75 Å². The number of carbonyl (C=O) groups excluding carboxylic acids is 1. The standard InChI is InChI=1S/C17H22F3NO2/c1-11(2)23-14-7-6-12(10-13(14)17(18,19)20)21-15(22)16(3)8-4-5-9-16/h6-7,10-11H,4-5,8-9H2,1-3H3,(H,21,22). The van der Waals surface area contributed by atoms with Gasteiger partial charge in [-0.05, 0) is 44.9 Å². The third-order valence-electron chi connectivity index (χ3n) is 4.16. The Morgan fingerprint density at radius 1 is 1.26 bits per heavy atom. The Kier molecular flexibility index (Phi) is 4.92. The van der Waals surface area contributed by atoms with Gasteiger partial charge in [0.15, 0.2) is 0 Å². The lowest BCUT2D eigenvalue weighted by atomic mass is 9.88. The zero-order valence-electron chi connectivity index (χ0n) is 13.6. The molecule has 1 saturated carbocycles. The molecule has 0 spiro atoms. The molecule has 23 heavy (non-hydrogen) atoms. The van der Waals surface area contributed by atoms with Gasteiger partial charge in [0.2, 0.25) is 5.91 Å². The van der Waals surface area contributed by atoms with E-state index in [9.17, 15) is 18.0 Å². The van der Waals surface area contributed by atoms with E-state index in [2.05, 4.69) is 5.32 Å². The fourth-order valence-corrected chi connectivity index (χ4v) is 2.85. The van der Waals surface area contributed by atoms with Crippen molar-refractivity contribution in [1.29, 1.82) is 0 Å². The normalized spacial score (nSPS) is 17.3. The quantitative estimate of drug-likeness (QED) is 0.843. The molecule has 1 aliphatic rings. The van der Waals surface area contributed by atoms with Crippen molar-refractivity contribution in [2.75, 3.05) is 5.32 Å². The summed E-state index contributed by atoms with van der Waals surface area (Å²) >= 11 is 0. The lowest BCUT2D eigenvalue weighted by Gasteiger charge is -2.23. The van der Waals surface area contributed by atoms with Gasteiger partial charge >= 0.3 is 6.18 Å². The number of carbonyl (C=O) groups is 1. The van der Waals surface area contributed by atoms with Crippen LogP contribution in [0.25, 0.3) is 0 Å². The van der Waals surface area contributed by atoms with Gasteiger partial charge in [-0.1, -0.05) is 19.8 Å². The van der Waals surface area contributed by atoms with Crippen molar-refractivity contribution in [2.45, 2.75) is 58.7 Å². The number of hydrogen-bond acceptors (Lipinski definition) is 2. The number of halogens is 3. The fourth-order valence-electron chi connectivity index (χ4n) is 2.85. The first-order valence-corrected chi connectivity index (χ1v) is 7.81. The first-order valence-electron chi connectivity index (χ1n) is 7.81. The van der Waals surface area contributed by atoms with Gasteiger partial charge in [-0.3, -0.25) is 4.79 Å². The third kappa shape index (κ3) is 4.18. The Hall–Kier alpha value is -1.72. The Bertz CT molecular complexity index is 576. The molecule has 0 bridgehead atoms. The number of hydrogen-bond donors (Lipinski definition) is 1. The SMILES string of the molecule is CC(C)Oc1ccc(NC(=O)C2(C)CCCC2)cc1C(F)(F)F. The highest BCUT2D eigenvalue weighted by atomic mass is 19.4. The van der Waals surface area contributed by atoms with Crippen LogP contribution in [-0.4, -0.2) is 12.0 Å². The molecule has 1 fully saturated rings. The van der Waals surface area contributed by atoms with Gasteiger partial charge < -0.3 is 10.1 Å². The first-order chi connectivity index (χ1) is 10.6. The lowest BCUT2D eigenvalue weighted by molar-refractivity contribution is -0.139. The number of rotatable bonds is 4. The average Bonchev–Trinajstić information content (AvgIpc) is 2.87. The molecule has 1 aromatic rings. The third-order valence-corrected chi connectivity index (χ3v) is 4.16. The molecule has 128 valence electrons. The number of nitrogens with one attached hydrogen (secondary N) is 1. The van der Waals surface area contributed by atoms with E-state index in [0.29, 0.717) is 0 Å². The summed E-state index contributed by atoms with van der Waals surface area (Å²) in [5, 5.41) is 2.62. The fraction of sp³-hybridized carbons (Fsp3) is 0.588. The molecule has 0 radical (unpaired) electrons. The van der Waals surface area contributed by atoms with Gasteiger partial charge in [-0.2, -0.15) is 13.2 Å². The molecule has 0 heterocycles. The smallest absolute Gasteiger partial charge is 0.420 e. The molecular formula is C17H22F3NO2. The molecule has 0 aliphatic heterocycles. The summed E-state index contributed by atoms with van der Waals surface area (Å²) < 4.78 is 44.8. The van der Waals surface area contributed by atoms with Crippen LogP contribution in [0, 0.1) is 5.41 Å². The summed E-state index contributed by atoms with van der Waals surface area (Å²) in [5.41, 5.74) is -1.22. The van der Waals surface area contributed by atoms with Gasteiger partial charge in [-0.15, -0.1) is 0 Å². The minimum Gasteiger partial charge on any atom is -0.490 e. The highest BCUT2D eigenvalue weighted by molar-refractivity contribution is 5.95. The second-order valence-corrected chi connectivity index (χ2v) is 6.60. The molecular weight excluding hydrogens is 307 g/mol. The van der Waals surface area contributed by atoms with Crippen LogP contribution in [0.1, 0.15) is 52.0 Å². The van der Waals surface area contributed by atoms with Crippen molar-refractivity contribution in [2.24, 2.45) is 5.41 Å². The van der Waals surface area contributed by atoms with Crippen LogP contribution in [0.2, 0.25) is 0 Å². The maximum atomic E-state index is 13.2. The molecule has 1 N–H and O–H groups in total. The van der Waals surface area contributed by atoms with Crippen LogP contribution in [0.4, 0.5) is 18.9 Å². The van der Waals surface area contributed by atoms with Gasteiger partial charge in [0, 0.05) is 11.1 Å². The van der Waals surface area contributed by atoms with E-state index < -0.39 is 17.2 Å². The van der Waals surface area contributed by atoms with Gasteiger partial charge in [-0.25, -0.2) is 0 Å². The molecule has 0 saturated heterocycles. The van der Waals surface area contributed by atoms with Crippen molar-refractivity contribution < 1.29 is 22.7 Å². The Labute approximate surface area is 134 Å². The summed E-state index contributed by atoms with van der Waals surface area (Å²) in [4.78, 5) is 12.3. The van der Waals surface area contributed by atoms with Gasteiger partial charge in [0.25, 0.3) is 0 Å². The molecule has 1 aromatic carbocycles. The Balaban J connectivity index is 2.25. The topological polar surface area (TPSA) is 38.3 Å². The minimum atomic E-state index is -4.54. The van der Waals surface area contributed by atoms with Crippen LogP contribution < -0.4 is 10.1 Å². The average molecular weight is 329 g/mol. The van der Waals surface area contributed by atoms with E-state index in [1.165, 1.54) is 12.1 Å². The molecule has 0 atom stereocenters. The Morgan fingerprint density at radius 2 is 1.87 bits per heavy atom. The van der Waals surface area contributed by atoms with E-state index in [4.69, 9.17) is 4.74 Å². The van der Waals surface area contributed by atoms with Crippen LogP contribution in [0.15, 0.2) is 18.2 Å². The lowest BCUT2D eigenvalue weighted by Crippen LogP contribution is -2.30. The number of ether oxygens (including phenoxy) is 1. The molecule has 1 amide bonds. The van der Waals surface area contributed by atoms with Crippen LogP contribution in [-0.2, 0) is 11.0 Å². The summed E-state index contributed by atoms with van der Waals surface area (Å²) in [5.74, 6) is -0.446. The zero-order chi connectivity index (χ0) is 17.3. The second kappa shape index (κ2) is 6.42. The van der Waals surface area contributed by atoms with E-state index in [1.807, 2.05) is 6.92 Å². The van der Waals surface area contributed by atoms with Crippen molar-refractivity contribution in [3.05, 3.63) is 23.8 Å². The van der Waals surface area contributed by atoms with Crippen molar-refractivity contribution >= 4 is 11.6 Å². The zero-order valence-corrected chi connectivity index (χ0v) is 13.6. The highest BCUT2D eigenvalue weighted by Gasteiger charge is 2.38. The molecule has 1 aliphatic carbocycles. The first kappa shape index (κ1) is 17.6. The number of anilines is 1. The molecule has 6 heteroatoms. The van der Waals surface area contributed by atoms with Crippen molar-refractivity contribution in [3.63, 3.8) is 0 Å². The maximum Gasteiger partial charge on any atom is 0.420 e. The van der Waals surface area contributed by atoms with Crippen molar-refractivity contribution in [1.82, 2.24) is 0 Å². The summed E-state index contributed by atoms with van der Waals surface area (Å²) in [6.45, 7) is 5.18. The number of alkyl halides is 3.